The zero-order chi connectivity index (χ0) is 15.7. The predicted molar refractivity (Wildman–Crippen MR) is 90.9 cm³/mol. The van der Waals surface area contributed by atoms with E-state index in [1.165, 1.54) is 11.3 Å². The minimum atomic E-state index is -0.537. The number of rotatable bonds is 4. The Morgan fingerprint density at radius 1 is 1.05 bits per heavy atom. The first-order valence-electron chi connectivity index (χ1n) is 6.46. The minimum Gasteiger partial charge on any atom is -0.304 e. The Balaban J connectivity index is 2.56. The van der Waals surface area contributed by atoms with Crippen LogP contribution in [0, 0.1) is 18.6 Å². The molecule has 21 heavy (non-hydrogen) atoms. The van der Waals surface area contributed by atoms with Crippen LogP contribution in [0.5, 0.6) is 0 Å². The zero-order valence-corrected chi connectivity index (χ0v) is 15.8. The van der Waals surface area contributed by atoms with Crippen LogP contribution in [0.2, 0.25) is 0 Å². The van der Waals surface area contributed by atoms with E-state index in [1.807, 2.05) is 19.9 Å². The van der Waals surface area contributed by atoms with Gasteiger partial charge in [0, 0.05) is 17.7 Å². The average molecular weight is 439 g/mol. The number of hydrogen-bond acceptors (Lipinski definition) is 2. The maximum atomic E-state index is 14.3. The topological polar surface area (TPSA) is 12.0 Å². The second-order valence-electron chi connectivity index (χ2n) is 5.16. The van der Waals surface area contributed by atoms with Crippen molar-refractivity contribution in [3.63, 3.8) is 0 Å². The molecule has 1 heterocycles. The van der Waals surface area contributed by atoms with Crippen LogP contribution < -0.4 is 5.32 Å². The lowest BCUT2D eigenvalue weighted by Gasteiger charge is -2.23. The number of benzene rings is 1. The summed E-state index contributed by atoms with van der Waals surface area (Å²) in [5.41, 5.74) is 1.83. The van der Waals surface area contributed by atoms with Gasteiger partial charge in [0.1, 0.15) is 11.6 Å². The van der Waals surface area contributed by atoms with Gasteiger partial charge in [-0.05, 0) is 75.9 Å². The average Bonchev–Trinajstić information content (AvgIpc) is 2.70. The molecule has 0 aliphatic rings. The van der Waals surface area contributed by atoms with Crippen molar-refractivity contribution >= 4 is 43.2 Å². The summed E-state index contributed by atoms with van der Waals surface area (Å²) in [6.07, 6.45) is 0. The Bertz CT molecular complexity index is 655. The van der Waals surface area contributed by atoms with Gasteiger partial charge in [-0.3, -0.25) is 0 Å². The summed E-state index contributed by atoms with van der Waals surface area (Å²) in [7, 11) is 0. The Hall–Kier alpha value is -0.300. The first-order valence-corrected chi connectivity index (χ1v) is 8.86. The molecule has 0 amide bonds. The molecule has 1 nitrogen and oxygen atoms in total. The smallest absolute Gasteiger partial charge is 0.131 e. The summed E-state index contributed by atoms with van der Waals surface area (Å²) in [6.45, 7) is 5.64. The summed E-state index contributed by atoms with van der Waals surface area (Å²) in [5, 5.41) is 3.35. The SMILES string of the molecule is Cc1cc(C(NC(C)C)c2cc(Br)sc2Br)c(F)cc1F. The van der Waals surface area contributed by atoms with Crippen molar-refractivity contribution in [2.75, 3.05) is 0 Å². The third-order valence-corrected chi connectivity index (χ3v) is 5.47. The Labute approximate surface area is 144 Å². The first kappa shape index (κ1) is 17.1. The van der Waals surface area contributed by atoms with Gasteiger partial charge in [0.05, 0.1) is 13.6 Å². The largest absolute Gasteiger partial charge is 0.304 e. The highest BCUT2D eigenvalue weighted by atomic mass is 79.9. The normalized spacial score (nSPS) is 13.0. The lowest BCUT2D eigenvalue weighted by Crippen LogP contribution is -2.29. The molecule has 1 unspecified atom stereocenters. The monoisotopic (exact) mass is 437 g/mol. The van der Waals surface area contributed by atoms with Gasteiger partial charge in [0.25, 0.3) is 0 Å². The Morgan fingerprint density at radius 3 is 2.24 bits per heavy atom. The first-order chi connectivity index (χ1) is 9.79. The summed E-state index contributed by atoms with van der Waals surface area (Å²) in [5.74, 6) is -1.06. The van der Waals surface area contributed by atoms with Crippen LogP contribution in [0.15, 0.2) is 25.8 Å². The van der Waals surface area contributed by atoms with Crippen LogP contribution in [0.25, 0.3) is 0 Å². The van der Waals surface area contributed by atoms with Crippen molar-refractivity contribution in [1.82, 2.24) is 5.32 Å². The van der Waals surface area contributed by atoms with Gasteiger partial charge in [-0.1, -0.05) is 0 Å². The molecule has 0 radical (unpaired) electrons. The number of halogens is 4. The molecule has 0 aliphatic carbocycles. The molecule has 6 heteroatoms. The number of hydrogen-bond donors (Lipinski definition) is 1. The third kappa shape index (κ3) is 3.92. The number of thiophene rings is 1. The lowest BCUT2D eigenvalue weighted by molar-refractivity contribution is 0.496. The highest BCUT2D eigenvalue weighted by Crippen LogP contribution is 2.39. The van der Waals surface area contributed by atoms with Crippen molar-refractivity contribution < 1.29 is 8.78 Å². The van der Waals surface area contributed by atoms with E-state index in [0.717, 1.165) is 19.2 Å². The van der Waals surface area contributed by atoms with E-state index < -0.39 is 11.6 Å². The summed E-state index contributed by atoms with van der Waals surface area (Å²) >= 11 is 8.49. The predicted octanol–water partition coefficient (Wildman–Crippen LogP) is 5.95. The van der Waals surface area contributed by atoms with E-state index in [9.17, 15) is 8.78 Å². The number of nitrogens with one attached hydrogen (secondary N) is 1. The molecule has 2 rings (SSSR count). The maximum Gasteiger partial charge on any atom is 0.131 e. The molecule has 0 saturated heterocycles. The fourth-order valence-electron chi connectivity index (χ4n) is 2.13. The van der Waals surface area contributed by atoms with Crippen molar-refractivity contribution in [3.8, 4) is 0 Å². The van der Waals surface area contributed by atoms with Crippen LogP contribution in [-0.2, 0) is 0 Å². The van der Waals surface area contributed by atoms with Gasteiger partial charge >= 0.3 is 0 Å². The van der Waals surface area contributed by atoms with Gasteiger partial charge in [-0.2, -0.15) is 0 Å². The molecule has 2 aromatic rings. The second-order valence-corrected chi connectivity index (χ2v) is 8.91. The van der Waals surface area contributed by atoms with E-state index in [-0.39, 0.29) is 12.1 Å². The Morgan fingerprint density at radius 2 is 1.71 bits per heavy atom. The van der Waals surface area contributed by atoms with Gasteiger partial charge in [-0.25, -0.2) is 8.78 Å². The van der Waals surface area contributed by atoms with Crippen molar-refractivity contribution in [2.24, 2.45) is 0 Å². The van der Waals surface area contributed by atoms with Crippen molar-refractivity contribution in [3.05, 3.63) is 54.1 Å². The fourth-order valence-corrected chi connectivity index (χ4v) is 5.03. The summed E-state index contributed by atoms with van der Waals surface area (Å²) in [6, 6.07) is 4.30. The second kappa shape index (κ2) is 6.86. The molecule has 0 bridgehead atoms. The Kier molecular flexibility index (Phi) is 5.57. The van der Waals surface area contributed by atoms with Gasteiger partial charge in [0.15, 0.2) is 0 Å². The fraction of sp³-hybridized carbons (Fsp3) is 0.333. The van der Waals surface area contributed by atoms with Crippen molar-refractivity contribution in [2.45, 2.75) is 32.9 Å². The molecule has 0 spiro atoms. The van der Waals surface area contributed by atoms with Crippen LogP contribution in [0.3, 0.4) is 0 Å². The number of aryl methyl sites for hydroxylation is 1. The highest BCUT2D eigenvalue weighted by molar-refractivity contribution is 9.12. The van der Waals surface area contributed by atoms with Gasteiger partial charge in [0.2, 0.25) is 0 Å². The molecule has 1 aromatic heterocycles. The highest BCUT2D eigenvalue weighted by Gasteiger charge is 2.23. The summed E-state index contributed by atoms with van der Waals surface area (Å²) < 4.78 is 29.6. The van der Waals surface area contributed by atoms with Gasteiger partial charge < -0.3 is 5.32 Å². The molecular weight excluding hydrogens is 424 g/mol. The lowest BCUT2D eigenvalue weighted by atomic mass is 9.98. The van der Waals surface area contributed by atoms with Crippen molar-refractivity contribution in [1.29, 1.82) is 0 Å². The molecule has 0 aliphatic heterocycles. The molecular formula is C15H15Br2F2NS. The van der Waals surface area contributed by atoms with E-state index in [1.54, 1.807) is 13.0 Å². The molecule has 0 fully saturated rings. The molecule has 0 saturated carbocycles. The molecule has 114 valence electrons. The van der Waals surface area contributed by atoms with Crippen LogP contribution in [0.1, 0.15) is 36.6 Å². The van der Waals surface area contributed by atoms with E-state index in [4.69, 9.17) is 0 Å². The standard InChI is InChI=1S/C15H15Br2F2NS/c1-7(2)20-14(10-5-13(16)21-15(10)17)9-4-8(3)11(18)6-12(9)19/h4-7,14,20H,1-3H3. The summed E-state index contributed by atoms with van der Waals surface area (Å²) in [4.78, 5) is 0. The molecule has 1 N–H and O–H groups in total. The van der Waals surface area contributed by atoms with Crippen LogP contribution in [-0.4, -0.2) is 6.04 Å². The van der Waals surface area contributed by atoms with E-state index in [0.29, 0.717) is 11.1 Å². The van der Waals surface area contributed by atoms with Crippen LogP contribution >= 0.6 is 43.2 Å². The van der Waals surface area contributed by atoms with Gasteiger partial charge in [-0.15, -0.1) is 11.3 Å². The minimum absolute atomic E-state index is 0.158. The third-order valence-electron chi connectivity index (χ3n) is 3.08. The molecule has 1 atom stereocenters. The van der Waals surface area contributed by atoms with Crippen LogP contribution in [0.4, 0.5) is 8.78 Å². The quantitative estimate of drug-likeness (QED) is 0.622. The zero-order valence-electron chi connectivity index (χ0n) is 11.8. The van der Waals surface area contributed by atoms with E-state index >= 15 is 0 Å². The maximum absolute atomic E-state index is 14.3. The molecule has 1 aromatic carbocycles. The van der Waals surface area contributed by atoms with E-state index in [2.05, 4.69) is 37.2 Å².